The van der Waals surface area contributed by atoms with Crippen LogP contribution in [-0.4, -0.2) is 109 Å². The summed E-state index contributed by atoms with van der Waals surface area (Å²) in [5.74, 6) is -0.0726. The van der Waals surface area contributed by atoms with Crippen LogP contribution in [0.5, 0.6) is 0 Å². The highest BCUT2D eigenvalue weighted by molar-refractivity contribution is 7.68. The van der Waals surface area contributed by atoms with E-state index in [0.29, 0.717) is 0 Å². The van der Waals surface area contributed by atoms with Crippen molar-refractivity contribution in [3.63, 3.8) is 0 Å². The summed E-state index contributed by atoms with van der Waals surface area (Å²) in [7, 11) is -25.4. The van der Waals surface area contributed by atoms with Crippen LogP contribution in [0.3, 0.4) is 0 Å². The van der Waals surface area contributed by atoms with Gasteiger partial charge in [-0.25, -0.2) is 42.8 Å². The molecule has 29 nitrogen and oxygen atoms in total. The van der Waals surface area contributed by atoms with Crippen LogP contribution in [0.4, 0.5) is 11.6 Å². The highest BCUT2D eigenvalue weighted by Gasteiger charge is 2.46. The first-order valence-corrected chi connectivity index (χ1v) is 20.1. The lowest BCUT2D eigenvalue weighted by Crippen LogP contribution is -2.34. The molecule has 0 bridgehead atoms. The number of nitrogens with two attached hydrogens (primary N) is 2. The van der Waals surface area contributed by atoms with E-state index in [9.17, 15) is 58.3 Å². The molecular weight excluding hydrogens is 808 g/mol. The average Bonchev–Trinajstić information content (AvgIpc) is 3.80. The van der Waals surface area contributed by atoms with Gasteiger partial charge in [-0.2, -0.15) is 0 Å². The number of rotatable bonds is 14. The normalized spacial score (nSPS) is 30.9. The number of aromatic nitrogens is 8. The van der Waals surface area contributed by atoms with Crippen LogP contribution in [-0.2, 0) is 49.7 Å². The maximum absolute atomic E-state index is 12.2. The van der Waals surface area contributed by atoms with Crippen molar-refractivity contribution in [2.45, 2.75) is 49.1 Å². The number of anilines is 2. The number of fused-ring (bicyclic) bond motifs is 2. The van der Waals surface area contributed by atoms with Crippen LogP contribution in [0, 0.1) is 0 Å². The Morgan fingerprint density at radius 2 is 0.962 bits per heavy atom. The summed E-state index contributed by atoms with van der Waals surface area (Å²) in [6, 6.07) is 0. The van der Waals surface area contributed by atoms with Crippen LogP contribution in [0.2, 0.25) is 0 Å². The van der Waals surface area contributed by atoms with E-state index in [2.05, 4.69) is 51.9 Å². The first-order valence-electron chi connectivity index (χ1n) is 14.2. The minimum absolute atomic E-state index is 0.0363. The van der Waals surface area contributed by atoms with Gasteiger partial charge in [0, 0.05) is 0 Å². The third kappa shape index (κ3) is 8.48. The molecule has 4 aromatic heterocycles. The molecule has 2 fully saturated rings. The number of aliphatic hydroxyl groups excluding tert-OH is 4. The predicted molar refractivity (Wildman–Crippen MR) is 157 cm³/mol. The summed E-state index contributed by atoms with van der Waals surface area (Å²) in [6.07, 6.45) is -9.15. The Kier molecular flexibility index (Phi) is 10.9. The fourth-order valence-corrected chi connectivity index (χ4v) is 9.83. The fourth-order valence-electron chi connectivity index (χ4n) is 5.08. The van der Waals surface area contributed by atoms with Gasteiger partial charge in [0.1, 0.15) is 60.3 Å². The molecule has 0 aliphatic carbocycles. The molecule has 33 heteroatoms. The summed E-state index contributed by atoms with van der Waals surface area (Å²) in [5, 5.41) is 41.6. The quantitative estimate of drug-likeness (QED) is 0.0648. The fraction of sp³-hybridized carbons (Fsp3) is 0.500. The SMILES string of the molecule is Nc1ncnc2c1ncn2C1OC(COP(=O)([O-])OP(=O)([O-])OP(=O)([O-])OP(=O)([O-])OCC2OC(n3cnc4c(N)ncnc43)C(O)C2O)C(O)C1O. The molecule has 0 radical (unpaired) electrons. The number of aliphatic hydroxyl groups is 4. The minimum Gasteiger partial charge on any atom is -0.756 e. The molecule has 2 saturated heterocycles. The molecule has 4 aromatic rings. The molecule has 8 N–H and O–H groups in total. The van der Waals surface area contributed by atoms with Gasteiger partial charge in [-0.05, 0) is 0 Å². The van der Waals surface area contributed by atoms with E-state index >= 15 is 0 Å². The molecule has 0 aromatic carbocycles. The van der Waals surface area contributed by atoms with Crippen molar-refractivity contribution < 1.29 is 89.7 Å². The molecule has 292 valence electrons. The van der Waals surface area contributed by atoms with Crippen molar-refractivity contribution in [3.05, 3.63) is 25.3 Å². The van der Waals surface area contributed by atoms with Crippen molar-refractivity contribution in [3.8, 4) is 0 Å². The largest absolute Gasteiger partial charge is 0.756 e. The Balaban J connectivity index is 1.01. The third-order valence-corrected chi connectivity index (χ3v) is 13.1. The highest BCUT2D eigenvalue weighted by Crippen LogP contribution is 2.67. The lowest BCUT2D eigenvalue weighted by Gasteiger charge is -2.36. The second-order valence-corrected chi connectivity index (χ2v) is 16.9. The molecule has 12 atom stereocenters. The summed E-state index contributed by atoms with van der Waals surface area (Å²) >= 11 is 0. The Labute approximate surface area is 293 Å². The van der Waals surface area contributed by atoms with E-state index in [0.717, 1.165) is 34.4 Å². The molecule has 0 saturated carbocycles. The van der Waals surface area contributed by atoms with Gasteiger partial charge in [0.2, 0.25) is 0 Å². The van der Waals surface area contributed by atoms with E-state index < -0.39 is 93.6 Å². The summed E-state index contributed by atoms with van der Waals surface area (Å²) in [5.41, 5.74) is 11.7. The smallest absolute Gasteiger partial charge is 0.280 e. The van der Waals surface area contributed by atoms with Gasteiger partial charge in [0.25, 0.3) is 31.3 Å². The zero-order valence-electron chi connectivity index (χ0n) is 25.8. The molecule has 53 heavy (non-hydrogen) atoms. The number of hydrogen-bond donors (Lipinski definition) is 6. The topological polar surface area (TPSA) is 445 Å². The van der Waals surface area contributed by atoms with E-state index in [4.69, 9.17) is 20.9 Å². The average molecular weight is 832 g/mol. The van der Waals surface area contributed by atoms with Crippen molar-refractivity contribution in [1.82, 2.24) is 39.0 Å². The van der Waals surface area contributed by atoms with E-state index in [1.54, 1.807) is 0 Å². The molecule has 6 rings (SSSR count). The summed E-state index contributed by atoms with van der Waals surface area (Å²) in [4.78, 5) is 72.0. The Hall–Kier alpha value is -2.98. The van der Waals surface area contributed by atoms with Gasteiger partial charge in [-0.3, -0.25) is 27.4 Å². The Morgan fingerprint density at radius 3 is 1.34 bits per heavy atom. The number of phosphoric acid groups is 4. The van der Waals surface area contributed by atoms with Gasteiger partial charge in [0.05, 0.1) is 25.9 Å². The van der Waals surface area contributed by atoms with Crippen LogP contribution in [0.15, 0.2) is 25.3 Å². The molecule has 2 aliphatic rings. The summed E-state index contributed by atoms with van der Waals surface area (Å²) < 4.78 is 81.2. The maximum Gasteiger partial charge on any atom is 0.280 e. The van der Waals surface area contributed by atoms with Gasteiger partial charge in [0.15, 0.2) is 35.4 Å². The molecule has 2 aliphatic heterocycles. The molecule has 0 spiro atoms. The van der Waals surface area contributed by atoms with Gasteiger partial charge in [-0.15, -0.1) is 0 Å². The van der Waals surface area contributed by atoms with Crippen molar-refractivity contribution in [2.24, 2.45) is 0 Å². The monoisotopic (exact) mass is 832 g/mol. The summed E-state index contributed by atoms with van der Waals surface area (Å²) in [6.45, 7) is -2.45. The number of phosphoric ester groups is 2. The highest BCUT2D eigenvalue weighted by atomic mass is 31.3. The van der Waals surface area contributed by atoms with Gasteiger partial charge >= 0.3 is 0 Å². The standard InChI is InChI=1S/C20H28N10O19P4/c21-15-9-17(25-3-23-15)29(5-27-9)19-13(33)11(31)7(45-19)1-43-50(35,36)47-52(39,40)49-53(41,42)48-51(37,38)44-2-8-12(32)14(34)20(46-8)30-6-28-10-16(22)24-4-26-18(10)30/h3-8,11-14,19-20,31-34H,1-2H2,(H,35,36)(H,37,38)(H,39,40)(H,41,42)(H2,21,23,25)(H2,22,24,26)/p-4. The number of imidazole rings is 2. The molecular formula is C20H24N10O19P4-4. The van der Waals surface area contributed by atoms with Gasteiger partial charge < -0.3 is 70.0 Å². The predicted octanol–water partition coefficient (Wildman–Crippen LogP) is -4.97. The lowest BCUT2D eigenvalue weighted by molar-refractivity contribution is -0.255. The van der Waals surface area contributed by atoms with Crippen molar-refractivity contribution in [1.29, 1.82) is 0 Å². The van der Waals surface area contributed by atoms with Gasteiger partial charge in [-0.1, -0.05) is 0 Å². The molecule has 12 unspecified atom stereocenters. The van der Waals surface area contributed by atoms with Crippen LogP contribution in [0.25, 0.3) is 22.3 Å². The first kappa shape index (κ1) is 39.7. The Morgan fingerprint density at radius 1 is 0.604 bits per heavy atom. The third-order valence-electron chi connectivity index (χ3n) is 7.39. The van der Waals surface area contributed by atoms with E-state index in [1.807, 2.05) is 0 Å². The van der Waals surface area contributed by atoms with Crippen LogP contribution < -0.4 is 31.0 Å². The molecule has 0 amide bonds. The minimum atomic E-state index is -6.60. The van der Waals surface area contributed by atoms with E-state index in [1.165, 1.54) is 0 Å². The van der Waals surface area contributed by atoms with Crippen molar-refractivity contribution in [2.75, 3.05) is 24.7 Å². The van der Waals surface area contributed by atoms with Crippen molar-refractivity contribution >= 4 is 65.3 Å². The van der Waals surface area contributed by atoms with Crippen LogP contribution in [0.1, 0.15) is 12.5 Å². The lowest BCUT2D eigenvalue weighted by atomic mass is 10.1. The maximum atomic E-state index is 12.2. The van der Waals surface area contributed by atoms with E-state index in [-0.39, 0.29) is 34.0 Å². The second kappa shape index (κ2) is 14.6. The number of nitrogens with zero attached hydrogens (tertiary/aromatic N) is 8. The zero-order chi connectivity index (χ0) is 38.7. The first-order chi connectivity index (χ1) is 24.7. The van der Waals surface area contributed by atoms with Crippen LogP contribution >= 0.6 is 31.3 Å². The second-order valence-electron chi connectivity index (χ2n) is 10.9. The Bertz CT molecular complexity index is 2040. The zero-order valence-corrected chi connectivity index (χ0v) is 29.4. The number of hydrogen-bond acceptors (Lipinski definition) is 27. The molecule has 6 heterocycles. The number of ether oxygens (including phenoxy) is 2. The number of nitrogen functional groups attached to an aromatic ring is 2.